The largest absolute Gasteiger partial charge is 0.316 e. The summed E-state index contributed by atoms with van der Waals surface area (Å²) in [5.74, 6) is 1.38. The van der Waals surface area contributed by atoms with Gasteiger partial charge in [-0.2, -0.15) is 0 Å². The number of nitrogens with one attached hydrogen (secondary N) is 1. The van der Waals surface area contributed by atoms with E-state index >= 15 is 0 Å². The van der Waals surface area contributed by atoms with Crippen LogP contribution in [0.1, 0.15) is 58.8 Å². The maximum atomic E-state index is 5.72. The summed E-state index contributed by atoms with van der Waals surface area (Å²) in [6.45, 7) is 6.68. The summed E-state index contributed by atoms with van der Waals surface area (Å²) in [7, 11) is 0. The molecule has 0 saturated heterocycles. The van der Waals surface area contributed by atoms with E-state index in [1.165, 1.54) is 44.9 Å². The molecule has 0 radical (unpaired) electrons. The summed E-state index contributed by atoms with van der Waals surface area (Å²) < 4.78 is 0. The topological polar surface area (TPSA) is 12.0 Å². The third-order valence-corrected chi connectivity index (χ3v) is 3.24. The Hall–Kier alpha value is 0.250. The number of hydrogen-bond acceptors (Lipinski definition) is 1. The van der Waals surface area contributed by atoms with Gasteiger partial charge in [0.2, 0.25) is 0 Å². The van der Waals surface area contributed by atoms with Crippen molar-refractivity contribution in [1.82, 2.24) is 5.32 Å². The average molecular weight is 234 g/mol. The third kappa shape index (κ3) is 12.2. The van der Waals surface area contributed by atoms with Crippen LogP contribution in [0.3, 0.4) is 0 Å². The van der Waals surface area contributed by atoms with E-state index in [0.717, 1.165) is 19.0 Å². The molecule has 1 atom stereocenters. The van der Waals surface area contributed by atoms with Crippen molar-refractivity contribution in [3.05, 3.63) is 0 Å². The monoisotopic (exact) mass is 233 g/mol. The first-order valence-corrected chi connectivity index (χ1v) is 7.11. The van der Waals surface area contributed by atoms with Gasteiger partial charge in [0.15, 0.2) is 0 Å². The lowest BCUT2D eigenvalue weighted by molar-refractivity contribution is 0.523. The molecular formula is C13H28ClN. The van der Waals surface area contributed by atoms with E-state index in [9.17, 15) is 0 Å². The summed E-state index contributed by atoms with van der Waals surface area (Å²) in [5, 5.41) is 3.45. The minimum Gasteiger partial charge on any atom is -0.316 e. The molecule has 0 aliphatic carbocycles. The van der Waals surface area contributed by atoms with E-state index in [1.807, 2.05) is 0 Å². The fourth-order valence-electron chi connectivity index (χ4n) is 1.61. The quantitative estimate of drug-likeness (QED) is 0.417. The molecule has 15 heavy (non-hydrogen) atoms. The first-order valence-electron chi connectivity index (χ1n) is 6.58. The lowest BCUT2D eigenvalue weighted by Gasteiger charge is -2.08. The molecule has 0 aliphatic rings. The summed E-state index contributed by atoms with van der Waals surface area (Å²) >= 11 is 5.72. The molecule has 1 unspecified atom stereocenters. The van der Waals surface area contributed by atoms with Crippen molar-refractivity contribution in [2.75, 3.05) is 19.0 Å². The van der Waals surface area contributed by atoms with Crippen molar-refractivity contribution in [3.63, 3.8) is 0 Å². The van der Waals surface area contributed by atoms with Crippen LogP contribution < -0.4 is 5.32 Å². The van der Waals surface area contributed by atoms with Crippen molar-refractivity contribution in [1.29, 1.82) is 0 Å². The Kier molecular flexibility index (Phi) is 12.5. The van der Waals surface area contributed by atoms with Crippen LogP contribution in [0.4, 0.5) is 0 Å². The van der Waals surface area contributed by atoms with Crippen LogP contribution in [0, 0.1) is 5.92 Å². The predicted molar refractivity (Wildman–Crippen MR) is 70.7 cm³/mol. The predicted octanol–water partition coefficient (Wildman–Crippen LogP) is 4.20. The van der Waals surface area contributed by atoms with Gasteiger partial charge in [-0.15, -0.1) is 11.6 Å². The molecule has 92 valence electrons. The Labute approximate surface area is 101 Å². The van der Waals surface area contributed by atoms with Gasteiger partial charge in [-0.25, -0.2) is 0 Å². The molecule has 0 aliphatic heterocycles. The lowest BCUT2D eigenvalue weighted by Crippen LogP contribution is -2.22. The Balaban J connectivity index is 2.92. The van der Waals surface area contributed by atoms with E-state index in [0.29, 0.717) is 5.92 Å². The second-order valence-corrected chi connectivity index (χ2v) is 4.89. The summed E-state index contributed by atoms with van der Waals surface area (Å²) in [6, 6.07) is 0. The van der Waals surface area contributed by atoms with E-state index in [4.69, 9.17) is 11.6 Å². The molecule has 0 amide bonds. The number of hydrogen-bond donors (Lipinski definition) is 1. The molecule has 0 heterocycles. The number of unbranched alkanes of at least 4 members (excludes halogenated alkanes) is 6. The van der Waals surface area contributed by atoms with E-state index < -0.39 is 0 Å². The minimum absolute atomic E-state index is 0.608. The summed E-state index contributed by atoms with van der Waals surface area (Å²) in [6.07, 6.45) is 9.71. The standard InChI is InChI=1S/C13H28ClN/c1-3-4-5-6-7-8-9-10-15-12-13(2)11-14/h13,15H,3-12H2,1-2H3. The highest BCUT2D eigenvalue weighted by Gasteiger charge is 1.97. The summed E-state index contributed by atoms with van der Waals surface area (Å²) in [4.78, 5) is 0. The van der Waals surface area contributed by atoms with Crippen molar-refractivity contribution in [3.8, 4) is 0 Å². The van der Waals surface area contributed by atoms with Crippen molar-refractivity contribution in [2.45, 2.75) is 58.8 Å². The maximum Gasteiger partial charge on any atom is 0.0261 e. The fourth-order valence-corrected chi connectivity index (χ4v) is 1.72. The molecule has 0 fully saturated rings. The smallest absolute Gasteiger partial charge is 0.0261 e. The van der Waals surface area contributed by atoms with Gasteiger partial charge in [0.25, 0.3) is 0 Å². The molecule has 1 N–H and O–H groups in total. The molecular weight excluding hydrogens is 206 g/mol. The van der Waals surface area contributed by atoms with Crippen LogP contribution in [0.25, 0.3) is 0 Å². The van der Waals surface area contributed by atoms with Gasteiger partial charge in [0.1, 0.15) is 0 Å². The third-order valence-electron chi connectivity index (χ3n) is 2.71. The zero-order valence-electron chi connectivity index (χ0n) is 10.5. The van der Waals surface area contributed by atoms with Crippen molar-refractivity contribution < 1.29 is 0 Å². The first-order chi connectivity index (χ1) is 7.31. The van der Waals surface area contributed by atoms with Crippen LogP contribution in [0.2, 0.25) is 0 Å². The molecule has 0 aromatic heterocycles. The Morgan fingerprint density at radius 2 is 1.60 bits per heavy atom. The Morgan fingerprint density at radius 3 is 2.20 bits per heavy atom. The highest BCUT2D eigenvalue weighted by molar-refractivity contribution is 6.18. The summed E-state index contributed by atoms with van der Waals surface area (Å²) in [5.41, 5.74) is 0. The molecule has 0 aromatic carbocycles. The number of halogens is 1. The van der Waals surface area contributed by atoms with E-state index in [2.05, 4.69) is 19.2 Å². The van der Waals surface area contributed by atoms with Gasteiger partial charge in [0, 0.05) is 5.88 Å². The Morgan fingerprint density at radius 1 is 1.00 bits per heavy atom. The number of rotatable bonds is 11. The zero-order chi connectivity index (χ0) is 11.4. The maximum absolute atomic E-state index is 5.72. The average Bonchev–Trinajstić information content (AvgIpc) is 2.26. The molecule has 0 rings (SSSR count). The highest BCUT2D eigenvalue weighted by atomic mass is 35.5. The van der Waals surface area contributed by atoms with Gasteiger partial charge in [-0.1, -0.05) is 52.4 Å². The SMILES string of the molecule is CCCCCCCCCNCC(C)CCl. The van der Waals surface area contributed by atoms with Crippen LogP contribution in [0.15, 0.2) is 0 Å². The first kappa shape index (κ1) is 15.2. The lowest BCUT2D eigenvalue weighted by atomic mass is 10.1. The van der Waals surface area contributed by atoms with Gasteiger partial charge in [-0.3, -0.25) is 0 Å². The van der Waals surface area contributed by atoms with Crippen LogP contribution in [0.5, 0.6) is 0 Å². The minimum atomic E-state index is 0.608. The van der Waals surface area contributed by atoms with E-state index in [-0.39, 0.29) is 0 Å². The molecule has 1 nitrogen and oxygen atoms in total. The molecule has 0 aromatic rings. The van der Waals surface area contributed by atoms with Gasteiger partial charge < -0.3 is 5.32 Å². The number of alkyl halides is 1. The highest BCUT2D eigenvalue weighted by Crippen LogP contribution is 2.06. The molecule has 0 bridgehead atoms. The van der Waals surface area contributed by atoms with E-state index in [1.54, 1.807) is 0 Å². The fraction of sp³-hybridized carbons (Fsp3) is 1.00. The second-order valence-electron chi connectivity index (χ2n) is 4.58. The van der Waals surface area contributed by atoms with Crippen molar-refractivity contribution in [2.24, 2.45) is 5.92 Å². The zero-order valence-corrected chi connectivity index (χ0v) is 11.3. The van der Waals surface area contributed by atoms with Gasteiger partial charge in [0.05, 0.1) is 0 Å². The van der Waals surface area contributed by atoms with Gasteiger partial charge >= 0.3 is 0 Å². The Bertz CT molecular complexity index is 117. The molecule has 0 saturated carbocycles. The second kappa shape index (κ2) is 12.3. The molecule has 2 heteroatoms. The molecule has 0 spiro atoms. The normalized spacial score (nSPS) is 13.0. The van der Waals surface area contributed by atoms with Crippen molar-refractivity contribution >= 4 is 11.6 Å². The van der Waals surface area contributed by atoms with Gasteiger partial charge in [-0.05, 0) is 25.4 Å². The van der Waals surface area contributed by atoms with Crippen LogP contribution in [-0.4, -0.2) is 19.0 Å². The van der Waals surface area contributed by atoms with Crippen LogP contribution >= 0.6 is 11.6 Å². The van der Waals surface area contributed by atoms with Crippen LogP contribution in [-0.2, 0) is 0 Å².